The molecule has 0 radical (unpaired) electrons. The monoisotopic (exact) mass is 408 g/mol. The van der Waals surface area contributed by atoms with Gasteiger partial charge in [0.25, 0.3) is 10.0 Å². The average Bonchev–Trinajstić information content (AvgIpc) is 2.70. The Morgan fingerprint density at radius 2 is 1.96 bits per heavy atom. The number of fused-ring (bicyclic) bond motifs is 2. The summed E-state index contributed by atoms with van der Waals surface area (Å²) in [5, 5.41) is 9.34. The van der Waals surface area contributed by atoms with Crippen molar-refractivity contribution < 1.29 is 18.3 Å². The molecule has 27 heavy (non-hydrogen) atoms. The second-order valence-corrected chi connectivity index (χ2v) is 9.02. The number of hydrogen-bond acceptors (Lipinski definition) is 4. The van der Waals surface area contributed by atoms with E-state index in [0.717, 1.165) is 5.56 Å². The minimum absolute atomic E-state index is 0.182. The van der Waals surface area contributed by atoms with Crippen LogP contribution in [0.5, 0.6) is 0 Å². The summed E-state index contributed by atoms with van der Waals surface area (Å²) in [5.41, 5.74) is 7.77. The molecule has 0 saturated heterocycles. The first kappa shape index (κ1) is 19.7. The Hall–Kier alpha value is -2.09. The molecule has 0 saturated carbocycles. The molecule has 1 aliphatic heterocycles. The van der Waals surface area contributed by atoms with E-state index in [1.165, 1.54) is 17.4 Å². The lowest BCUT2D eigenvalue weighted by Crippen LogP contribution is -2.29. The summed E-state index contributed by atoms with van der Waals surface area (Å²) in [7, 11) is -2.22. The van der Waals surface area contributed by atoms with E-state index in [9.17, 15) is 13.2 Å². The van der Waals surface area contributed by atoms with Crippen LogP contribution in [0.4, 0.5) is 5.69 Å². The number of aliphatic carboxylic acids is 1. The van der Waals surface area contributed by atoms with Crippen molar-refractivity contribution >= 4 is 33.3 Å². The van der Waals surface area contributed by atoms with E-state index in [1.807, 2.05) is 12.1 Å². The van der Waals surface area contributed by atoms with Gasteiger partial charge in [0.1, 0.15) is 6.04 Å². The first-order valence-electron chi connectivity index (χ1n) is 8.59. The van der Waals surface area contributed by atoms with Gasteiger partial charge in [0.15, 0.2) is 0 Å². The number of carbonyl (C=O) groups is 1. The number of nitrogens with two attached hydrogens (primary N) is 1. The molecule has 2 aromatic rings. The average molecular weight is 409 g/mol. The second-order valence-electron chi connectivity index (χ2n) is 6.64. The summed E-state index contributed by atoms with van der Waals surface area (Å²) >= 11 is 6.08. The Bertz CT molecular complexity index is 977. The molecule has 8 heteroatoms. The number of halogens is 1. The number of para-hydroxylation sites is 1. The van der Waals surface area contributed by atoms with Gasteiger partial charge in [0, 0.05) is 18.0 Å². The predicted octanol–water partition coefficient (Wildman–Crippen LogP) is 3.19. The van der Waals surface area contributed by atoms with E-state index >= 15 is 0 Å². The van der Waals surface area contributed by atoms with Crippen LogP contribution in [0.2, 0.25) is 5.02 Å². The van der Waals surface area contributed by atoms with Gasteiger partial charge in [-0.15, -0.1) is 0 Å². The van der Waals surface area contributed by atoms with E-state index in [1.54, 1.807) is 24.3 Å². The van der Waals surface area contributed by atoms with Gasteiger partial charge in [0.05, 0.1) is 10.6 Å². The van der Waals surface area contributed by atoms with Crippen molar-refractivity contribution in [2.75, 3.05) is 11.4 Å². The van der Waals surface area contributed by atoms with Crippen LogP contribution >= 0.6 is 11.6 Å². The smallest absolute Gasteiger partial charge is 0.320 e. The maximum absolute atomic E-state index is 13.1. The molecule has 0 spiro atoms. The molecule has 0 bridgehead atoms. The molecule has 0 fully saturated rings. The molecule has 1 aliphatic rings. The summed E-state index contributed by atoms with van der Waals surface area (Å²) in [5.74, 6) is -1.24. The number of carboxylic acid groups (broad SMARTS) is 1. The van der Waals surface area contributed by atoms with E-state index in [-0.39, 0.29) is 10.8 Å². The van der Waals surface area contributed by atoms with Gasteiger partial charge in [0.2, 0.25) is 0 Å². The maximum Gasteiger partial charge on any atom is 0.320 e. The molecule has 3 rings (SSSR count). The highest BCUT2D eigenvalue weighted by molar-refractivity contribution is 7.92. The number of hydrogen-bond donors (Lipinski definition) is 2. The zero-order valence-corrected chi connectivity index (χ0v) is 16.4. The molecule has 1 heterocycles. The van der Waals surface area contributed by atoms with Gasteiger partial charge in [-0.25, -0.2) is 8.42 Å². The number of carboxylic acids is 1. The topological polar surface area (TPSA) is 101 Å². The van der Waals surface area contributed by atoms with E-state index in [2.05, 4.69) is 0 Å². The van der Waals surface area contributed by atoms with Gasteiger partial charge in [-0.05, 0) is 42.2 Å². The number of benzene rings is 2. The third-order valence-electron chi connectivity index (χ3n) is 4.97. The van der Waals surface area contributed by atoms with Crippen LogP contribution in [0.15, 0.2) is 47.4 Å². The molecule has 2 unspecified atom stereocenters. The number of sulfonamides is 1. The van der Waals surface area contributed by atoms with Crippen LogP contribution in [-0.4, -0.2) is 32.6 Å². The molecule has 2 atom stereocenters. The van der Waals surface area contributed by atoms with E-state index < -0.39 is 22.0 Å². The fourth-order valence-corrected chi connectivity index (χ4v) is 5.25. The fourth-order valence-electron chi connectivity index (χ4n) is 3.51. The van der Waals surface area contributed by atoms with Crippen molar-refractivity contribution in [2.24, 2.45) is 5.73 Å². The highest BCUT2D eigenvalue weighted by atomic mass is 35.5. The van der Waals surface area contributed by atoms with Crippen molar-refractivity contribution in [3.05, 3.63) is 58.6 Å². The largest absolute Gasteiger partial charge is 0.480 e. The van der Waals surface area contributed by atoms with Crippen LogP contribution in [0.3, 0.4) is 0 Å². The van der Waals surface area contributed by atoms with E-state index in [4.69, 9.17) is 22.4 Å². The lowest BCUT2D eigenvalue weighted by molar-refractivity contribution is -0.138. The maximum atomic E-state index is 13.1. The van der Waals surface area contributed by atoms with Crippen LogP contribution in [0.1, 0.15) is 36.3 Å². The van der Waals surface area contributed by atoms with Gasteiger partial charge in [-0.1, -0.05) is 42.3 Å². The van der Waals surface area contributed by atoms with Gasteiger partial charge >= 0.3 is 5.97 Å². The molecule has 6 nitrogen and oxygen atoms in total. The third-order valence-corrected chi connectivity index (χ3v) is 7.03. The lowest BCUT2D eigenvalue weighted by Gasteiger charge is -2.21. The minimum Gasteiger partial charge on any atom is -0.480 e. The van der Waals surface area contributed by atoms with Crippen LogP contribution in [0, 0.1) is 0 Å². The zero-order valence-electron chi connectivity index (χ0n) is 14.8. The number of rotatable bonds is 5. The Morgan fingerprint density at radius 1 is 1.26 bits per heavy atom. The number of nitrogens with zero attached hydrogens (tertiary/aromatic N) is 1. The van der Waals surface area contributed by atoms with Crippen LogP contribution in [0.25, 0.3) is 0 Å². The summed E-state index contributed by atoms with van der Waals surface area (Å²) in [4.78, 5) is 11.2. The standard InChI is InChI=1S/C19H21ClN2O4S/c1-22-17-8-3-2-5-14(17)13(6-4-7-16(21)19(23)24)15-10-9-12(20)11-18(15)27(22,25)26/h2-3,5,8-11,13,16H,4,6-7,21H2,1H3,(H,23,24). The summed E-state index contributed by atoms with van der Waals surface area (Å²) in [6.07, 6.45) is 1.45. The first-order valence-corrected chi connectivity index (χ1v) is 10.4. The van der Waals surface area contributed by atoms with Gasteiger partial charge < -0.3 is 10.8 Å². The van der Waals surface area contributed by atoms with Crippen LogP contribution in [-0.2, 0) is 14.8 Å². The van der Waals surface area contributed by atoms with Crippen molar-refractivity contribution in [2.45, 2.75) is 36.1 Å². The molecule has 144 valence electrons. The third kappa shape index (κ3) is 3.67. The first-order chi connectivity index (χ1) is 12.7. The molecule has 2 aromatic carbocycles. The highest BCUT2D eigenvalue weighted by Crippen LogP contribution is 2.44. The van der Waals surface area contributed by atoms with Gasteiger partial charge in [-0.2, -0.15) is 0 Å². The predicted molar refractivity (Wildman–Crippen MR) is 105 cm³/mol. The second kappa shape index (κ2) is 7.50. The molecule has 3 N–H and O–H groups in total. The zero-order chi connectivity index (χ0) is 19.8. The SMILES string of the molecule is CN1c2ccccc2C(CCCC(N)C(=O)O)c2ccc(Cl)cc2S1(=O)=O. The van der Waals surface area contributed by atoms with Crippen molar-refractivity contribution in [1.29, 1.82) is 0 Å². The molecule has 0 aliphatic carbocycles. The summed E-state index contributed by atoms with van der Waals surface area (Å²) in [6, 6.07) is 11.3. The van der Waals surface area contributed by atoms with Gasteiger partial charge in [-0.3, -0.25) is 9.10 Å². The highest BCUT2D eigenvalue weighted by Gasteiger charge is 2.34. The van der Waals surface area contributed by atoms with Crippen molar-refractivity contribution in [1.82, 2.24) is 0 Å². The summed E-state index contributed by atoms with van der Waals surface area (Å²) < 4.78 is 27.5. The van der Waals surface area contributed by atoms with E-state index in [0.29, 0.717) is 35.5 Å². The van der Waals surface area contributed by atoms with Crippen molar-refractivity contribution in [3.8, 4) is 0 Å². The number of anilines is 1. The normalized spacial score (nSPS) is 18.9. The molecule has 0 aromatic heterocycles. The van der Waals surface area contributed by atoms with Crippen molar-refractivity contribution in [3.63, 3.8) is 0 Å². The molecular weight excluding hydrogens is 388 g/mol. The van der Waals surface area contributed by atoms with Crippen LogP contribution < -0.4 is 10.0 Å². The Balaban J connectivity index is 2.09. The Labute approximate surface area is 163 Å². The quantitative estimate of drug-likeness (QED) is 0.791. The minimum atomic E-state index is -3.75. The lowest BCUT2D eigenvalue weighted by atomic mass is 9.85. The Kier molecular flexibility index (Phi) is 5.46. The molecular formula is C19H21ClN2O4S. The summed E-state index contributed by atoms with van der Waals surface area (Å²) in [6.45, 7) is 0. The Morgan fingerprint density at radius 3 is 2.67 bits per heavy atom. The fraction of sp³-hybridized carbons (Fsp3) is 0.316. The molecule has 0 amide bonds.